The normalized spacial score (nSPS) is 10.4. The Hall–Kier alpha value is -3.01. The number of anilines is 2. The highest BCUT2D eigenvalue weighted by atomic mass is 16.5. The van der Waals surface area contributed by atoms with Gasteiger partial charge in [-0.15, -0.1) is 0 Å². The fraction of sp³-hybridized carbons (Fsp3) is 0.0556. The number of amides is 1. The highest BCUT2D eigenvalue weighted by Crippen LogP contribution is 2.25. The smallest absolute Gasteiger partial charge is 0.262 e. The van der Waals surface area contributed by atoms with Crippen LogP contribution in [0, 0.1) is 0 Å². The monoisotopic (exact) mass is 292 g/mol. The first-order valence-electron chi connectivity index (χ1n) is 6.99. The Bertz CT molecular complexity index is 810. The van der Waals surface area contributed by atoms with E-state index in [1.165, 1.54) is 0 Å². The van der Waals surface area contributed by atoms with E-state index in [1.54, 1.807) is 12.1 Å². The lowest BCUT2D eigenvalue weighted by Gasteiger charge is -2.10. The zero-order chi connectivity index (χ0) is 15.4. The SMILES string of the molecule is Nc1ccccc1NC(=O)COc1cccc2ccccc12. The van der Waals surface area contributed by atoms with Crippen LogP contribution >= 0.6 is 0 Å². The van der Waals surface area contributed by atoms with Crippen molar-refractivity contribution in [2.75, 3.05) is 17.7 Å². The van der Waals surface area contributed by atoms with Crippen molar-refractivity contribution in [3.8, 4) is 5.75 Å². The van der Waals surface area contributed by atoms with Gasteiger partial charge in [0, 0.05) is 5.39 Å². The topological polar surface area (TPSA) is 64.3 Å². The molecule has 4 heteroatoms. The minimum atomic E-state index is -0.245. The Morgan fingerprint density at radius 1 is 0.955 bits per heavy atom. The third-order valence-corrected chi connectivity index (χ3v) is 3.34. The summed E-state index contributed by atoms with van der Waals surface area (Å²) in [5, 5.41) is 4.80. The molecule has 1 amide bonds. The minimum absolute atomic E-state index is 0.0671. The van der Waals surface area contributed by atoms with Gasteiger partial charge in [0.25, 0.3) is 5.91 Å². The number of carbonyl (C=O) groups is 1. The molecule has 0 aromatic heterocycles. The number of nitrogens with two attached hydrogens (primary N) is 1. The number of nitrogen functional groups attached to an aromatic ring is 1. The van der Waals surface area contributed by atoms with Crippen molar-refractivity contribution in [1.82, 2.24) is 0 Å². The molecule has 3 aromatic carbocycles. The highest BCUT2D eigenvalue weighted by Gasteiger charge is 2.07. The van der Waals surface area contributed by atoms with Crippen molar-refractivity contribution < 1.29 is 9.53 Å². The fourth-order valence-corrected chi connectivity index (χ4v) is 2.26. The molecule has 0 bridgehead atoms. The average Bonchev–Trinajstić information content (AvgIpc) is 2.55. The van der Waals surface area contributed by atoms with Crippen molar-refractivity contribution in [3.05, 3.63) is 66.7 Å². The number of hydrogen-bond donors (Lipinski definition) is 2. The van der Waals surface area contributed by atoms with Crippen LogP contribution in [0.25, 0.3) is 10.8 Å². The highest BCUT2D eigenvalue weighted by molar-refractivity contribution is 5.95. The second-order valence-corrected chi connectivity index (χ2v) is 4.90. The maximum absolute atomic E-state index is 12.0. The van der Waals surface area contributed by atoms with E-state index in [4.69, 9.17) is 10.5 Å². The molecule has 0 atom stereocenters. The molecule has 0 aliphatic heterocycles. The number of hydrogen-bond acceptors (Lipinski definition) is 3. The van der Waals surface area contributed by atoms with Gasteiger partial charge < -0.3 is 15.8 Å². The van der Waals surface area contributed by atoms with E-state index in [1.807, 2.05) is 54.6 Å². The van der Waals surface area contributed by atoms with Crippen LogP contribution in [0.2, 0.25) is 0 Å². The van der Waals surface area contributed by atoms with E-state index in [9.17, 15) is 4.79 Å². The lowest BCUT2D eigenvalue weighted by Crippen LogP contribution is -2.20. The van der Waals surface area contributed by atoms with E-state index in [0.717, 1.165) is 10.8 Å². The number of rotatable bonds is 4. The van der Waals surface area contributed by atoms with Crippen LogP contribution in [0.4, 0.5) is 11.4 Å². The third-order valence-electron chi connectivity index (χ3n) is 3.34. The lowest BCUT2D eigenvalue weighted by atomic mass is 10.1. The molecule has 3 aromatic rings. The molecule has 0 aliphatic rings. The van der Waals surface area contributed by atoms with E-state index >= 15 is 0 Å². The Morgan fingerprint density at radius 2 is 1.68 bits per heavy atom. The Balaban J connectivity index is 1.69. The van der Waals surface area contributed by atoms with Gasteiger partial charge in [-0.25, -0.2) is 0 Å². The fourth-order valence-electron chi connectivity index (χ4n) is 2.26. The number of nitrogens with one attached hydrogen (secondary N) is 1. The standard InChI is InChI=1S/C18H16N2O2/c19-15-9-3-4-10-16(15)20-18(21)12-22-17-11-5-7-13-6-1-2-8-14(13)17/h1-11H,12,19H2,(H,20,21). The summed E-state index contributed by atoms with van der Waals surface area (Å²) in [7, 11) is 0. The summed E-state index contributed by atoms with van der Waals surface area (Å²) < 4.78 is 5.64. The maximum atomic E-state index is 12.0. The molecule has 110 valence electrons. The van der Waals surface area contributed by atoms with Gasteiger partial charge in [0.15, 0.2) is 6.61 Å². The molecule has 0 spiro atoms. The van der Waals surface area contributed by atoms with Crippen molar-refractivity contribution in [2.24, 2.45) is 0 Å². The van der Waals surface area contributed by atoms with E-state index in [0.29, 0.717) is 17.1 Å². The van der Waals surface area contributed by atoms with Gasteiger partial charge in [-0.3, -0.25) is 4.79 Å². The first-order valence-corrected chi connectivity index (χ1v) is 6.99. The molecule has 0 saturated heterocycles. The van der Waals surface area contributed by atoms with Crippen molar-refractivity contribution >= 4 is 28.1 Å². The van der Waals surface area contributed by atoms with Gasteiger partial charge in [0.2, 0.25) is 0 Å². The Morgan fingerprint density at radius 3 is 2.55 bits per heavy atom. The van der Waals surface area contributed by atoms with Crippen molar-refractivity contribution in [1.29, 1.82) is 0 Å². The minimum Gasteiger partial charge on any atom is -0.483 e. The number of para-hydroxylation sites is 2. The first-order chi connectivity index (χ1) is 10.7. The van der Waals surface area contributed by atoms with Gasteiger partial charge in [0.1, 0.15) is 5.75 Å². The van der Waals surface area contributed by atoms with Crippen molar-refractivity contribution in [3.63, 3.8) is 0 Å². The lowest BCUT2D eigenvalue weighted by molar-refractivity contribution is -0.118. The summed E-state index contributed by atoms with van der Waals surface area (Å²) >= 11 is 0. The molecule has 0 heterocycles. The molecule has 0 unspecified atom stereocenters. The molecule has 22 heavy (non-hydrogen) atoms. The van der Waals surface area contributed by atoms with Crippen molar-refractivity contribution in [2.45, 2.75) is 0 Å². The largest absolute Gasteiger partial charge is 0.483 e. The summed E-state index contributed by atoms with van der Waals surface area (Å²) in [4.78, 5) is 12.0. The van der Waals surface area contributed by atoms with Crippen LogP contribution in [0.3, 0.4) is 0 Å². The van der Waals surface area contributed by atoms with Crippen LogP contribution in [0.15, 0.2) is 66.7 Å². The zero-order valence-electron chi connectivity index (χ0n) is 12.0. The molecule has 3 N–H and O–H groups in total. The van der Waals surface area contributed by atoms with Gasteiger partial charge >= 0.3 is 0 Å². The van der Waals surface area contributed by atoms with E-state index < -0.39 is 0 Å². The molecule has 0 fully saturated rings. The van der Waals surface area contributed by atoms with Gasteiger partial charge in [-0.2, -0.15) is 0 Å². The second kappa shape index (κ2) is 6.18. The third kappa shape index (κ3) is 3.01. The van der Waals surface area contributed by atoms with Crippen LogP contribution in [0.5, 0.6) is 5.75 Å². The maximum Gasteiger partial charge on any atom is 0.262 e. The van der Waals surface area contributed by atoms with E-state index in [-0.39, 0.29) is 12.5 Å². The predicted octanol–water partition coefficient (Wildman–Crippen LogP) is 3.44. The molecule has 0 saturated carbocycles. The Labute approximate surface area is 128 Å². The zero-order valence-corrected chi connectivity index (χ0v) is 12.0. The van der Waals surface area contributed by atoms with Crippen LogP contribution in [-0.2, 0) is 4.79 Å². The molecule has 0 aliphatic carbocycles. The van der Waals surface area contributed by atoms with Gasteiger partial charge in [-0.1, -0.05) is 48.5 Å². The van der Waals surface area contributed by atoms with Gasteiger partial charge in [0.05, 0.1) is 11.4 Å². The number of fused-ring (bicyclic) bond motifs is 1. The summed E-state index contributed by atoms with van der Waals surface area (Å²) in [6.07, 6.45) is 0. The van der Waals surface area contributed by atoms with E-state index in [2.05, 4.69) is 5.32 Å². The van der Waals surface area contributed by atoms with Gasteiger partial charge in [-0.05, 0) is 23.6 Å². The second-order valence-electron chi connectivity index (χ2n) is 4.90. The summed E-state index contributed by atoms with van der Waals surface area (Å²) in [6.45, 7) is -0.0671. The summed E-state index contributed by atoms with van der Waals surface area (Å²) in [6, 6.07) is 20.8. The summed E-state index contributed by atoms with van der Waals surface area (Å²) in [5.74, 6) is 0.445. The van der Waals surface area contributed by atoms with Crippen LogP contribution in [0.1, 0.15) is 0 Å². The molecule has 3 rings (SSSR count). The molecular weight excluding hydrogens is 276 g/mol. The number of carbonyl (C=O) groups excluding carboxylic acids is 1. The predicted molar refractivity (Wildman–Crippen MR) is 88.9 cm³/mol. The average molecular weight is 292 g/mol. The van der Waals surface area contributed by atoms with Crippen LogP contribution in [-0.4, -0.2) is 12.5 Å². The molecular formula is C18H16N2O2. The summed E-state index contributed by atoms with van der Waals surface area (Å²) in [5.41, 5.74) is 6.92. The van der Waals surface area contributed by atoms with Crippen LogP contribution < -0.4 is 15.8 Å². The Kier molecular flexibility index (Phi) is 3.92. The number of ether oxygens (including phenoxy) is 1. The number of benzene rings is 3. The quantitative estimate of drug-likeness (QED) is 0.724. The first kappa shape index (κ1) is 13.9. The molecule has 4 nitrogen and oxygen atoms in total. The molecule has 0 radical (unpaired) electrons.